The van der Waals surface area contributed by atoms with Crippen LogP contribution in [0.15, 0.2) is 30.0 Å². The maximum absolute atomic E-state index is 10.8. The van der Waals surface area contributed by atoms with Gasteiger partial charge in [-0.1, -0.05) is 13.0 Å². The Labute approximate surface area is 113 Å². The molecule has 0 amide bonds. The lowest BCUT2D eigenvalue weighted by Crippen LogP contribution is -2.03. The average Bonchev–Trinajstić information content (AvgIpc) is 2.42. The van der Waals surface area contributed by atoms with Crippen LogP contribution < -0.4 is 9.47 Å². The first-order chi connectivity index (χ1) is 9.12. The lowest BCUT2D eigenvalue weighted by Gasteiger charge is -2.11. The standard InChI is InChI=1S/C14H19NO4/c1-4-8-19-14-10-11(6-7-13(14)18-3)9-12(5-2)15(16)17/h5-7,10H,4,8-9H2,1-3H3. The van der Waals surface area contributed by atoms with Gasteiger partial charge in [0.2, 0.25) is 5.70 Å². The van der Waals surface area contributed by atoms with Crippen molar-refractivity contribution in [3.8, 4) is 11.5 Å². The first kappa shape index (κ1) is 15.0. The number of ether oxygens (including phenoxy) is 2. The van der Waals surface area contributed by atoms with Gasteiger partial charge in [0.1, 0.15) is 0 Å². The van der Waals surface area contributed by atoms with Crippen molar-refractivity contribution in [2.24, 2.45) is 0 Å². The summed E-state index contributed by atoms with van der Waals surface area (Å²) >= 11 is 0. The second kappa shape index (κ2) is 7.41. The molecular weight excluding hydrogens is 246 g/mol. The number of hydrogen-bond acceptors (Lipinski definition) is 4. The molecule has 0 atom stereocenters. The van der Waals surface area contributed by atoms with Gasteiger partial charge < -0.3 is 9.47 Å². The Kier molecular flexibility index (Phi) is 5.85. The molecule has 0 bridgehead atoms. The molecule has 0 N–H and O–H groups in total. The van der Waals surface area contributed by atoms with Crippen LogP contribution >= 0.6 is 0 Å². The monoisotopic (exact) mass is 265 g/mol. The van der Waals surface area contributed by atoms with E-state index < -0.39 is 0 Å². The van der Waals surface area contributed by atoms with E-state index in [2.05, 4.69) is 0 Å². The largest absolute Gasteiger partial charge is 0.493 e. The zero-order chi connectivity index (χ0) is 14.3. The molecule has 1 rings (SSSR count). The van der Waals surface area contributed by atoms with E-state index >= 15 is 0 Å². The number of nitrogens with zero attached hydrogens (tertiary/aromatic N) is 1. The van der Waals surface area contributed by atoms with E-state index in [1.165, 1.54) is 6.08 Å². The molecule has 0 saturated heterocycles. The van der Waals surface area contributed by atoms with Crippen molar-refractivity contribution >= 4 is 0 Å². The Morgan fingerprint density at radius 2 is 2.16 bits per heavy atom. The van der Waals surface area contributed by atoms with E-state index in [9.17, 15) is 10.1 Å². The second-order valence-corrected chi connectivity index (χ2v) is 4.05. The van der Waals surface area contributed by atoms with Crippen LogP contribution in [-0.2, 0) is 6.42 Å². The molecule has 0 aromatic heterocycles. The van der Waals surface area contributed by atoms with Gasteiger partial charge >= 0.3 is 0 Å². The molecule has 0 fully saturated rings. The first-order valence-electron chi connectivity index (χ1n) is 6.21. The van der Waals surface area contributed by atoms with Crippen molar-refractivity contribution in [1.29, 1.82) is 0 Å². The van der Waals surface area contributed by atoms with Crippen LogP contribution in [0.25, 0.3) is 0 Å². The summed E-state index contributed by atoms with van der Waals surface area (Å²) in [6.45, 7) is 4.27. The molecule has 104 valence electrons. The maximum atomic E-state index is 10.8. The summed E-state index contributed by atoms with van der Waals surface area (Å²) in [4.78, 5) is 10.4. The van der Waals surface area contributed by atoms with Crippen LogP contribution in [0.4, 0.5) is 0 Å². The van der Waals surface area contributed by atoms with Gasteiger partial charge in [-0.25, -0.2) is 0 Å². The molecule has 0 aliphatic rings. The van der Waals surface area contributed by atoms with Crippen molar-refractivity contribution in [3.63, 3.8) is 0 Å². The molecule has 0 heterocycles. The SMILES string of the molecule is CC=C(Cc1ccc(OC)c(OCCC)c1)[N+](=O)[O-]. The van der Waals surface area contributed by atoms with E-state index in [0.29, 0.717) is 18.1 Å². The van der Waals surface area contributed by atoms with Gasteiger partial charge in [-0.05, 0) is 37.1 Å². The van der Waals surface area contributed by atoms with Gasteiger partial charge in [-0.2, -0.15) is 0 Å². The zero-order valence-electron chi connectivity index (χ0n) is 11.5. The van der Waals surface area contributed by atoms with Crippen molar-refractivity contribution < 1.29 is 14.4 Å². The fraction of sp³-hybridized carbons (Fsp3) is 0.429. The van der Waals surface area contributed by atoms with Gasteiger partial charge in [0.25, 0.3) is 0 Å². The molecule has 0 unspecified atom stereocenters. The highest BCUT2D eigenvalue weighted by Crippen LogP contribution is 2.29. The Balaban J connectivity index is 2.94. The summed E-state index contributed by atoms with van der Waals surface area (Å²) in [5.74, 6) is 1.26. The predicted molar refractivity (Wildman–Crippen MR) is 73.2 cm³/mol. The van der Waals surface area contributed by atoms with Crippen LogP contribution in [0, 0.1) is 10.1 Å². The third kappa shape index (κ3) is 4.28. The number of allylic oxidation sites excluding steroid dienone is 2. The Morgan fingerprint density at radius 1 is 1.42 bits per heavy atom. The van der Waals surface area contributed by atoms with Gasteiger partial charge in [0.05, 0.1) is 25.1 Å². The molecule has 1 aromatic rings. The molecule has 0 aliphatic heterocycles. The molecule has 1 aromatic carbocycles. The van der Waals surface area contributed by atoms with Crippen molar-refractivity contribution in [1.82, 2.24) is 0 Å². The van der Waals surface area contributed by atoms with Crippen LogP contribution in [0.3, 0.4) is 0 Å². The molecule has 0 aliphatic carbocycles. The highest BCUT2D eigenvalue weighted by atomic mass is 16.6. The van der Waals surface area contributed by atoms with Gasteiger partial charge in [0.15, 0.2) is 11.5 Å². The summed E-state index contributed by atoms with van der Waals surface area (Å²) in [5.41, 5.74) is 1.00. The number of methoxy groups -OCH3 is 1. The highest BCUT2D eigenvalue weighted by molar-refractivity contribution is 5.43. The lowest BCUT2D eigenvalue weighted by molar-refractivity contribution is -0.427. The molecular formula is C14H19NO4. The number of hydrogen-bond donors (Lipinski definition) is 0. The lowest BCUT2D eigenvalue weighted by atomic mass is 10.1. The summed E-state index contributed by atoms with van der Waals surface area (Å²) in [5, 5.41) is 10.8. The fourth-order valence-corrected chi connectivity index (χ4v) is 1.64. The van der Waals surface area contributed by atoms with Crippen LogP contribution in [0.5, 0.6) is 11.5 Å². The summed E-state index contributed by atoms with van der Waals surface area (Å²) in [7, 11) is 1.57. The van der Waals surface area contributed by atoms with Crippen molar-refractivity contribution in [3.05, 3.63) is 45.6 Å². The third-order valence-electron chi connectivity index (χ3n) is 2.64. The van der Waals surface area contributed by atoms with Crippen molar-refractivity contribution in [2.75, 3.05) is 13.7 Å². The van der Waals surface area contributed by atoms with E-state index in [1.807, 2.05) is 13.0 Å². The minimum Gasteiger partial charge on any atom is -0.493 e. The first-order valence-corrected chi connectivity index (χ1v) is 6.21. The quantitative estimate of drug-likeness (QED) is 0.561. The minimum atomic E-state index is -0.364. The Hall–Kier alpha value is -2.04. The third-order valence-corrected chi connectivity index (χ3v) is 2.64. The predicted octanol–water partition coefficient (Wildman–Crippen LogP) is 3.21. The summed E-state index contributed by atoms with van der Waals surface area (Å²) in [6.07, 6.45) is 2.68. The van der Waals surface area contributed by atoms with Gasteiger partial charge in [-0.3, -0.25) is 10.1 Å². The average molecular weight is 265 g/mol. The topological polar surface area (TPSA) is 61.6 Å². The maximum Gasteiger partial charge on any atom is 0.246 e. The number of nitro groups is 1. The fourth-order valence-electron chi connectivity index (χ4n) is 1.64. The molecule has 5 heteroatoms. The smallest absolute Gasteiger partial charge is 0.246 e. The zero-order valence-corrected chi connectivity index (χ0v) is 11.5. The summed E-state index contributed by atoms with van der Waals surface area (Å²) < 4.78 is 10.8. The molecule has 19 heavy (non-hydrogen) atoms. The molecule has 0 saturated carbocycles. The number of rotatable bonds is 7. The Bertz CT molecular complexity index is 469. The molecule has 5 nitrogen and oxygen atoms in total. The number of benzene rings is 1. The van der Waals surface area contributed by atoms with E-state index in [-0.39, 0.29) is 17.0 Å². The second-order valence-electron chi connectivity index (χ2n) is 4.05. The minimum absolute atomic E-state index is 0.173. The normalized spacial score (nSPS) is 11.2. The van der Waals surface area contributed by atoms with E-state index in [4.69, 9.17) is 9.47 Å². The van der Waals surface area contributed by atoms with Crippen molar-refractivity contribution in [2.45, 2.75) is 26.7 Å². The highest BCUT2D eigenvalue weighted by Gasteiger charge is 2.12. The molecule has 0 spiro atoms. The summed E-state index contributed by atoms with van der Waals surface area (Å²) in [6, 6.07) is 5.37. The van der Waals surface area contributed by atoms with E-state index in [1.54, 1.807) is 26.2 Å². The van der Waals surface area contributed by atoms with Crippen LogP contribution in [0.2, 0.25) is 0 Å². The Morgan fingerprint density at radius 3 is 2.68 bits per heavy atom. The van der Waals surface area contributed by atoms with Gasteiger partial charge in [0, 0.05) is 0 Å². The van der Waals surface area contributed by atoms with Gasteiger partial charge in [-0.15, -0.1) is 0 Å². The molecule has 0 radical (unpaired) electrons. The van der Waals surface area contributed by atoms with E-state index in [0.717, 1.165) is 12.0 Å². The van der Waals surface area contributed by atoms with Crippen LogP contribution in [0.1, 0.15) is 25.8 Å². The van der Waals surface area contributed by atoms with Crippen LogP contribution in [-0.4, -0.2) is 18.6 Å².